The molecule has 2 fully saturated rings. The molecule has 1 saturated carbocycles. The number of nitrogens with zero attached hydrogens (tertiary/aromatic N) is 1. The number of phenolic OH excluding ortho intramolecular Hbond substituents is 1. The Morgan fingerprint density at radius 2 is 2.25 bits per heavy atom. The minimum atomic E-state index is -0.214. The highest BCUT2D eigenvalue weighted by atomic mass is 35.5. The molecule has 1 heterocycles. The number of benzene rings is 1. The fourth-order valence-electron chi connectivity index (χ4n) is 4.21. The summed E-state index contributed by atoms with van der Waals surface area (Å²) in [5.74, 6) is 1.29. The van der Waals surface area contributed by atoms with E-state index in [2.05, 4.69) is 5.32 Å². The minimum absolute atomic E-state index is 0. The third-order valence-corrected chi connectivity index (χ3v) is 5.47. The second-order valence-corrected chi connectivity index (χ2v) is 6.90. The van der Waals surface area contributed by atoms with Crippen LogP contribution >= 0.6 is 12.4 Å². The van der Waals surface area contributed by atoms with Gasteiger partial charge < -0.3 is 20.1 Å². The van der Waals surface area contributed by atoms with E-state index >= 15 is 0 Å². The number of halogens is 1. The molecule has 1 aliphatic carbocycles. The van der Waals surface area contributed by atoms with Gasteiger partial charge in [-0.2, -0.15) is 0 Å². The Hall–Kier alpha value is -1.46. The Morgan fingerprint density at radius 3 is 3.00 bits per heavy atom. The molecule has 134 valence electrons. The monoisotopic (exact) mass is 354 g/mol. The minimum Gasteiger partial charge on any atom is -0.504 e. The van der Waals surface area contributed by atoms with Crippen LogP contribution in [0.4, 0.5) is 0 Å². The first-order chi connectivity index (χ1) is 11.1. The zero-order valence-electron chi connectivity index (χ0n) is 14.4. The number of carbonyl (C=O) groups is 1. The van der Waals surface area contributed by atoms with E-state index in [1.165, 1.54) is 13.5 Å². The number of amides is 1. The van der Waals surface area contributed by atoms with Crippen molar-refractivity contribution in [2.24, 2.45) is 11.3 Å². The maximum Gasteiger partial charge on any atom is 0.230 e. The summed E-state index contributed by atoms with van der Waals surface area (Å²) in [6.07, 6.45) is 4.53. The molecule has 1 amide bonds. The molecule has 1 saturated heterocycles. The van der Waals surface area contributed by atoms with Crippen molar-refractivity contribution in [2.75, 3.05) is 27.2 Å². The van der Waals surface area contributed by atoms with Gasteiger partial charge in [0.25, 0.3) is 0 Å². The standard InChI is InChI=1S/C18H26N2O3.ClH/c1-20(11-13-6-7-15(21)16(9-13)23-2)17(22)18-8-4-3-5-14(18)10-19-12-18;/h6-7,9,14,19,21H,3-5,8,10-12H2,1-2H3;1H/t14-,18+;/m0./s1. The third kappa shape index (κ3) is 3.33. The van der Waals surface area contributed by atoms with Crippen molar-refractivity contribution >= 4 is 18.3 Å². The molecule has 24 heavy (non-hydrogen) atoms. The molecule has 1 aromatic carbocycles. The fraction of sp³-hybridized carbons (Fsp3) is 0.611. The average molecular weight is 355 g/mol. The molecule has 1 aliphatic heterocycles. The van der Waals surface area contributed by atoms with E-state index in [4.69, 9.17) is 4.74 Å². The van der Waals surface area contributed by atoms with Gasteiger partial charge in [-0.25, -0.2) is 0 Å². The van der Waals surface area contributed by atoms with Crippen molar-refractivity contribution in [3.8, 4) is 11.5 Å². The zero-order chi connectivity index (χ0) is 16.4. The lowest BCUT2D eigenvalue weighted by Gasteiger charge is -2.39. The lowest BCUT2D eigenvalue weighted by molar-refractivity contribution is -0.144. The van der Waals surface area contributed by atoms with Crippen LogP contribution in [0.1, 0.15) is 31.2 Å². The lowest BCUT2D eigenvalue weighted by atomic mass is 9.67. The van der Waals surface area contributed by atoms with Gasteiger partial charge in [-0.05, 0) is 43.0 Å². The van der Waals surface area contributed by atoms with Gasteiger partial charge in [-0.3, -0.25) is 4.79 Å². The van der Waals surface area contributed by atoms with Crippen LogP contribution in [0, 0.1) is 11.3 Å². The number of hydrogen-bond acceptors (Lipinski definition) is 4. The first kappa shape index (κ1) is 18.9. The molecular formula is C18H27ClN2O3. The van der Waals surface area contributed by atoms with E-state index in [1.54, 1.807) is 12.1 Å². The predicted molar refractivity (Wildman–Crippen MR) is 95.6 cm³/mol. The van der Waals surface area contributed by atoms with Gasteiger partial charge >= 0.3 is 0 Å². The van der Waals surface area contributed by atoms with Crippen molar-refractivity contribution in [1.82, 2.24) is 10.2 Å². The summed E-state index contributed by atoms with van der Waals surface area (Å²) in [4.78, 5) is 15.0. The highest BCUT2D eigenvalue weighted by Gasteiger charge is 2.50. The molecule has 0 spiro atoms. The van der Waals surface area contributed by atoms with Crippen LogP contribution in [-0.4, -0.2) is 43.2 Å². The van der Waals surface area contributed by atoms with E-state index in [0.29, 0.717) is 18.2 Å². The molecule has 2 aliphatic rings. The molecule has 2 N–H and O–H groups in total. The fourth-order valence-corrected chi connectivity index (χ4v) is 4.21. The summed E-state index contributed by atoms with van der Waals surface area (Å²) in [6, 6.07) is 5.25. The highest BCUT2D eigenvalue weighted by Crippen LogP contribution is 2.45. The molecule has 2 atom stereocenters. The molecule has 5 nitrogen and oxygen atoms in total. The Labute approximate surface area is 149 Å². The van der Waals surface area contributed by atoms with Crippen LogP contribution in [0.25, 0.3) is 0 Å². The summed E-state index contributed by atoms with van der Waals surface area (Å²) in [7, 11) is 3.41. The maximum absolute atomic E-state index is 13.1. The molecule has 0 aromatic heterocycles. The number of hydrogen-bond donors (Lipinski definition) is 2. The number of fused-ring (bicyclic) bond motifs is 1. The highest BCUT2D eigenvalue weighted by molar-refractivity contribution is 5.85. The van der Waals surface area contributed by atoms with Gasteiger partial charge in [0, 0.05) is 20.1 Å². The van der Waals surface area contributed by atoms with Crippen LogP contribution in [0.15, 0.2) is 18.2 Å². The summed E-state index contributed by atoms with van der Waals surface area (Å²) >= 11 is 0. The van der Waals surface area contributed by atoms with Crippen molar-refractivity contribution < 1.29 is 14.6 Å². The Balaban J connectivity index is 0.00000208. The number of aromatic hydroxyl groups is 1. The summed E-state index contributed by atoms with van der Waals surface area (Å²) in [6.45, 7) is 2.30. The molecule has 3 rings (SSSR count). The van der Waals surface area contributed by atoms with Gasteiger partial charge in [0.15, 0.2) is 11.5 Å². The van der Waals surface area contributed by atoms with E-state index in [1.807, 2.05) is 18.0 Å². The van der Waals surface area contributed by atoms with E-state index in [-0.39, 0.29) is 29.5 Å². The topological polar surface area (TPSA) is 61.8 Å². The number of ether oxygens (including phenoxy) is 1. The molecule has 0 unspecified atom stereocenters. The number of nitrogens with one attached hydrogen (secondary N) is 1. The Kier molecular flexibility index (Phi) is 5.99. The van der Waals surface area contributed by atoms with Crippen molar-refractivity contribution in [1.29, 1.82) is 0 Å². The quantitative estimate of drug-likeness (QED) is 0.872. The van der Waals surface area contributed by atoms with E-state index < -0.39 is 0 Å². The molecule has 0 bridgehead atoms. The van der Waals surface area contributed by atoms with Gasteiger partial charge in [0.1, 0.15) is 0 Å². The molecular weight excluding hydrogens is 328 g/mol. The molecule has 1 aromatic rings. The smallest absolute Gasteiger partial charge is 0.230 e. The second-order valence-electron chi connectivity index (χ2n) is 6.90. The Morgan fingerprint density at radius 1 is 1.46 bits per heavy atom. The van der Waals surface area contributed by atoms with E-state index in [9.17, 15) is 9.90 Å². The maximum atomic E-state index is 13.1. The van der Waals surface area contributed by atoms with Gasteiger partial charge in [0.2, 0.25) is 5.91 Å². The van der Waals surface area contributed by atoms with Gasteiger partial charge in [-0.15, -0.1) is 12.4 Å². The van der Waals surface area contributed by atoms with Crippen LogP contribution < -0.4 is 10.1 Å². The summed E-state index contributed by atoms with van der Waals surface area (Å²) < 4.78 is 5.15. The predicted octanol–water partition coefficient (Wildman–Crippen LogP) is 2.56. The van der Waals surface area contributed by atoms with Crippen LogP contribution in [0.2, 0.25) is 0 Å². The summed E-state index contributed by atoms with van der Waals surface area (Å²) in [5.41, 5.74) is 0.749. The first-order valence-corrected chi connectivity index (χ1v) is 8.39. The average Bonchev–Trinajstić information content (AvgIpc) is 3.00. The number of phenols is 1. The first-order valence-electron chi connectivity index (χ1n) is 8.39. The third-order valence-electron chi connectivity index (χ3n) is 5.47. The van der Waals surface area contributed by atoms with Crippen LogP contribution in [-0.2, 0) is 11.3 Å². The van der Waals surface area contributed by atoms with E-state index in [0.717, 1.165) is 37.9 Å². The largest absolute Gasteiger partial charge is 0.504 e. The van der Waals surface area contributed by atoms with Crippen LogP contribution in [0.5, 0.6) is 11.5 Å². The zero-order valence-corrected chi connectivity index (χ0v) is 15.2. The Bertz CT molecular complexity index is 596. The summed E-state index contributed by atoms with van der Waals surface area (Å²) in [5, 5.41) is 13.1. The number of carbonyl (C=O) groups excluding carboxylic acids is 1. The van der Waals surface area contributed by atoms with Gasteiger partial charge in [0.05, 0.1) is 12.5 Å². The van der Waals surface area contributed by atoms with Crippen LogP contribution in [0.3, 0.4) is 0 Å². The number of rotatable bonds is 4. The van der Waals surface area contributed by atoms with Crippen molar-refractivity contribution in [3.05, 3.63) is 23.8 Å². The normalized spacial score (nSPS) is 25.5. The van der Waals surface area contributed by atoms with Crippen molar-refractivity contribution in [3.63, 3.8) is 0 Å². The molecule has 6 heteroatoms. The van der Waals surface area contributed by atoms with Crippen molar-refractivity contribution in [2.45, 2.75) is 32.2 Å². The number of methoxy groups -OCH3 is 1. The SMILES string of the molecule is COc1cc(CN(C)C(=O)[C@@]23CCCC[C@H]2CNC3)ccc1O.Cl. The lowest BCUT2D eigenvalue weighted by Crippen LogP contribution is -2.48. The van der Waals surface area contributed by atoms with Gasteiger partial charge in [-0.1, -0.05) is 18.9 Å². The molecule has 0 radical (unpaired) electrons. The second kappa shape index (κ2) is 7.62.